The standard InChI is InChI=1S/C21H26N2O5/c1-22(13-14-7-6-10-17(27-2)19(14)28-3)18(24)11-12-23-20(25)15-8-4-5-9-16(15)21(23)26/h4-7,10,15-16H,8-9,11-13H2,1-3H3/t15-,16-/m1/s1. The molecule has 3 amide bonds. The van der Waals surface area contributed by atoms with E-state index in [0.717, 1.165) is 5.56 Å². The lowest BCUT2D eigenvalue weighted by Gasteiger charge is -2.21. The van der Waals surface area contributed by atoms with Crippen molar-refractivity contribution in [2.45, 2.75) is 25.8 Å². The van der Waals surface area contributed by atoms with E-state index in [2.05, 4.69) is 0 Å². The number of carbonyl (C=O) groups is 3. The first-order valence-electron chi connectivity index (χ1n) is 9.42. The van der Waals surface area contributed by atoms with Crippen LogP contribution in [0.4, 0.5) is 0 Å². The number of imide groups is 1. The van der Waals surface area contributed by atoms with Crippen LogP contribution in [0.1, 0.15) is 24.8 Å². The lowest BCUT2D eigenvalue weighted by Crippen LogP contribution is -2.36. The van der Waals surface area contributed by atoms with Gasteiger partial charge in [0.1, 0.15) is 0 Å². The van der Waals surface area contributed by atoms with Gasteiger partial charge in [0.15, 0.2) is 11.5 Å². The molecular weight excluding hydrogens is 360 g/mol. The molecule has 1 aromatic rings. The molecule has 0 N–H and O–H groups in total. The van der Waals surface area contributed by atoms with E-state index in [1.54, 1.807) is 32.2 Å². The molecule has 2 aliphatic rings. The van der Waals surface area contributed by atoms with Gasteiger partial charge in [-0.05, 0) is 18.9 Å². The number of hydrogen-bond donors (Lipinski definition) is 0. The summed E-state index contributed by atoms with van der Waals surface area (Å²) in [6, 6.07) is 5.51. The Morgan fingerprint density at radius 2 is 1.75 bits per heavy atom. The van der Waals surface area contributed by atoms with E-state index in [1.165, 1.54) is 4.90 Å². The third kappa shape index (κ3) is 3.74. The van der Waals surface area contributed by atoms with Crippen molar-refractivity contribution in [3.05, 3.63) is 35.9 Å². The van der Waals surface area contributed by atoms with Gasteiger partial charge in [0.2, 0.25) is 17.7 Å². The number of hydrogen-bond acceptors (Lipinski definition) is 5. The fourth-order valence-electron chi connectivity index (χ4n) is 3.91. The number of ether oxygens (including phenoxy) is 2. The molecule has 7 heteroatoms. The number of rotatable bonds is 7. The fourth-order valence-corrected chi connectivity index (χ4v) is 3.91. The number of methoxy groups -OCH3 is 2. The Hall–Kier alpha value is -2.83. The van der Waals surface area contributed by atoms with E-state index >= 15 is 0 Å². The number of benzene rings is 1. The summed E-state index contributed by atoms with van der Waals surface area (Å²) in [6.07, 6.45) is 5.23. The molecule has 1 heterocycles. The summed E-state index contributed by atoms with van der Waals surface area (Å²) in [4.78, 5) is 40.4. The molecule has 2 atom stereocenters. The second-order valence-electron chi connectivity index (χ2n) is 7.14. The third-order valence-corrected chi connectivity index (χ3v) is 5.47. The van der Waals surface area contributed by atoms with E-state index in [-0.39, 0.29) is 42.5 Å². The highest BCUT2D eigenvalue weighted by atomic mass is 16.5. The van der Waals surface area contributed by atoms with Gasteiger partial charge < -0.3 is 14.4 Å². The molecule has 1 saturated heterocycles. The molecule has 1 aliphatic carbocycles. The summed E-state index contributed by atoms with van der Waals surface area (Å²) in [5.41, 5.74) is 0.822. The first-order chi connectivity index (χ1) is 13.5. The predicted octanol–water partition coefficient (Wildman–Crippen LogP) is 2.00. The summed E-state index contributed by atoms with van der Waals surface area (Å²) in [5.74, 6) is 0.237. The first-order valence-corrected chi connectivity index (χ1v) is 9.42. The van der Waals surface area contributed by atoms with E-state index in [1.807, 2.05) is 24.3 Å². The highest BCUT2D eigenvalue weighted by Gasteiger charge is 2.46. The number of carbonyl (C=O) groups excluding carboxylic acids is 3. The SMILES string of the molecule is COc1cccc(CN(C)C(=O)CCN2C(=O)[C@@H]3CC=CC[C@H]3C2=O)c1OC. The van der Waals surface area contributed by atoms with Gasteiger partial charge in [-0.3, -0.25) is 19.3 Å². The topological polar surface area (TPSA) is 76.2 Å². The Kier molecular flexibility index (Phi) is 6.02. The van der Waals surface area contributed by atoms with Crippen molar-refractivity contribution >= 4 is 17.7 Å². The quantitative estimate of drug-likeness (QED) is 0.529. The van der Waals surface area contributed by atoms with E-state index in [4.69, 9.17) is 9.47 Å². The summed E-state index contributed by atoms with van der Waals surface area (Å²) >= 11 is 0. The van der Waals surface area contributed by atoms with E-state index in [9.17, 15) is 14.4 Å². The molecule has 150 valence electrons. The number of likely N-dealkylation sites (tertiary alicyclic amines) is 1. The maximum atomic E-state index is 12.6. The summed E-state index contributed by atoms with van der Waals surface area (Å²) in [5, 5.41) is 0. The predicted molar refractivity (Wildman–Crippen MR) is 103 cm³/mol. The number of fused-ring (bicyclic) bond motifs is 1. The van der Waals surface area contributed by atoms with Crippen LogP contribution in [-0.2, 0) is 20.9 Å². The molecule has 0 spiro atoms. The maximum absolute atomic E-state index is 12.6. The average molecular weight is 386 g/mol. The molecule has 7 nitrogen and oxygen atoms in total. The van der Waals surface area contributed by atoms with Gasteiger partial charge >= 0.3 is 0 Å². The smallest absolute Gasteiger partial charge is 0.233 e. The zero-order valence-corrected chi connectivity index (χ0v) is 16.5. The second-order valence-corrected chi connectivity index (χ2v) is 7.14. The Morgan fingerprint density at radius 1 is 1.11 bits per heavy atom. The highest BCUT2D eigenvalue weighted by molar-refractivity contribution is 6.05. The van der Waals surface area contributed by atoms with Crippen molar-refractivity contribution in [3.8, 4) is 11.5 Å². The minimum absolute atomic E-state index is 0.104. The fraction of sp³-hybridized carbons (Fsp3) is 0.476. The molecule has 0 saturated carbocycles. The molecule has 1 fully saturated rings. The Morgan fingerprint density at radius 3 is 2.32 bits per heavy atom. The molecular formula is C21H26N2O5. The normalized spacial score (nSPS) is 20.9. The van der Waals surface area contributed by atoms with Crippen LogP contribution in [0.5, 0.6) is 11.5 Å². The van der Waals surface area contributed by atoms with Crippen molar-refractivity contribution in [1.29, 1.82) is 0 Å². The average Bonchev–Trinajstić information content (AvgIpc) is 2.96. The van der Waals surface area contributed by atoms with Crippen LogP contribution >= 0.6 is 0 Å². The minimum Gasteiger partial charge on any atom is -0.493 e. The number of amides is 3. The van der Waals surface area contributed by atoms with Crippen LogP contribution in [-0.4, -0.2) is 55.3 Å². The lowest BCUT2D eigenvalue weighted by atomic mass is 9.85. The molecule has 0 unspecified atom stereocenters. The minimum atomic E-state index is -0.258. The largest absolute Gasteiger partial charge is 0.493 e. The van der Waals surface area contributed by atoms with Crippen LogP contribution in [0.3, 0.4) is 0 Å². The van der Waals surface area contributed by atoms with Crippen molar-refractivity contribution in [2.75, 3.05) is 27.8 Å². The lowest BCUT2D eigenvalue weighted by molar-refractivity contribution is -0.140. The Balaban J connectivity index is 1.60. The molecule has 0 radical (unpaired) electrons. The van der Waals surface area contributed by atoms with Gasteiger partial charge in [-0.2, -0.15) is 0 Å². The van der Waals surface area contributed by atoms with Crippen molar-refractivity contribution in [2.24, 2.45) is 11.8 Å². The summed E-state index contributed by atoms with van der Waals surface area (Å²) < 4.78 is 10.7. The highest BCUT2D eigenvalue weighted by Crippen LogP contribution is 2.35. The number of allylic oxidation sites excluding steroid dienone is 2. The van der Waals surface area contributed by atoms with Crippen LogP contribution in [0.15, 0.2) is 30.4 Å². The van der Waals surface area contributed by atoms with Gasteiger partial charge in [-0.15, -0.1) is 0 Å². The van der Waals surface area contributed by atoms with Gasteiger partial charge in [0, 0.05) is 32.1 Å². The molecule has 1 aliphatic heterocycles. The van der Waals surface area contributed by atoms with Crippen LogP contribution in [0.2, 0.25) is 0 Å². The van der Waals surface area contributed by atoms with E-state index in [0.29, 0.717) is 30.9 Å². The number of para-hydroxylation sites is 1. The third-order valence-electron chi connectivity index (χ3n) is 5.47. The maximum Gasteiger partial charge on any atom is 0.233 e. The van der Waals surface area contributed by atoms with Crippen molar-refractivity contribution in [3.63, 3.8) is 0 Å². The van der Waals surface area contributed by atoms with Crippen LogP contribution in [0.25, 0.3) is 0 Å². The van der Waals surface area contributed by atoms with Gasteiger partial charge in [-0.1, -0.05) is 24.3 Å². The Bertz CT molecular complexity index is 778. The molecule has 0 aromatic heterocycles. The zero-order valence-electron chi connectivity index (χ0n) is 16.5. The number of nitrogens with zero attached hydrogens (tertiary/aromatic N) is 2. The molecule has 3 rings (SSSR count). The molecule has 1 aromatic carbocycles. The molecule has 0 bridgehead atoms. The van der Waals surface area contributed by atoms with E-state index < -0.39 is 0 Å². The van der Waals surface area contributed by atoms with Crippen molar-refractivity contribution in [1.82, 2.24) is 9.80 Å². The van der Waals surface area contributed by atoms with Gasteiger partial charge in [0.05, 0.1) is 26.1 Å². The summed E-state index contributed by atoms with van der Waals surface area (Å²) in [7, 11) is 4.81. The van der Waals surface area contributed by atoms with Crippen LogP contribution in [0, 0.1) is 11.8 Å². The Labute approximate surface area is 164 Å². The zero-order chi connectivity index (χ0) is 20.3. The van der Waals surface area contributed by atoms with Gasteiger partial charge in [-0.25, -0.2) is 0 Å². The second kappa shape index (κ2) is 8.46. The van der Waals surface area contributed by atoms with Crippen LogP contribution < -0.4 is 9.47 Å². The summed E-state index contributed by atoms with van der Waals surface area (Å²) in [6.45, 7) is 0.472. The van der Waals surface area contributed by atoms with Crippen molar-refractivity contribution < 1.29 is 23.9 Å². The first kappa shape index (κ1) is 19.9. The van der Waals surface area contributed by atoms with Gasteiger partial charge in [0.25, 0.3) is 0 Å². The monoisotopic (exact) mass is 386 g/mol. The molecule has 28 heavy (non-hydrogen) atoms.